The number of unbranched alkanes of at least 4 members (excludes halogenated alkanes) is 1. The fourth-order valence-corrected chi connectivity index (χ4v) is 5.12. The first kappa shape index (κ1) is 35.7. The highest BCUT2D eigenvalue weighted by Crippen LogP contribution is 2.32. The molecule has 0 unspecified atom stereocenters. The van der Waals surface area contributed by atoms with E-state index in [1.54, 1.807) is 17.0 Å². The van der Waals surface area contributed by atoms with Crippen molar-refractivity contribution in [2.24, 2.45) is 5.73 Å². The first-order valence-electron chi connectivity index (χ1n) is 14.3. The lowest BCUT2D eigenvalue weighted by Crippen LogP contribution is -2.49. The van der Waals surface area contributed by atoms with Gasteiger partial charge in [0.1, 0.15) is 17.4 Å². The number of hydrogen-bond donors (Lipinski definition) is 3. The van der Waals surface area contributed by atoms with Crippen LogP contribution < -0.4 is 15.8 Å². The Kier molecular flexibility index (Phi) is 12.4. The van der Waals surface area contributed by atoms with Crippen molar-refractivity contribution in [3.05, 3.63) is 93.0 Å². The lowest BCUT2D eigenvalue weighted by atomic mass is 10.0. The van der Waals surface area contributed by atoms with Gasteiger partial charge < -0.3 is 25.8 Å². The number of aromatic carboxylic acids is 1. The number of benzene rings is 3. The molecule has 4 N–H and O–H groups in total. The number of halogens is 3. The molecule has 15 heteroatoms. The maximum atomic E-state index is 14.4. The Hall–Kier alpha value is -4.82. The third-order valence-electron chi connectivity index (χ3n) is 7.54. The minimum Gasteiger partial charge on any atom is -0.478 e. The first-order chi connectivity index (χ1) is 21.5. The molecule has 1 saturated heterocycles. The Bertz CT molecular complexity index is 1580. The van der Waals surface area contributed by atoms with Crippen LogP contribution in [0.1, 0.15) is 58.9 Å². The quantitative estimate of drug-likeness (QED) is 0.153. The number of amides is 3. The van der Waals surface area contributed by atoms with Crippen LogP contribution in [0.2, 0.25) is 0 Å². The summed E-state index contributed by atoms with van der Waals surface area (Å²) in [4.78, 5) is 50.5. The fraction of sp³-hybridized carbons (Fsp3) is 0.323. The lowest BCUT2D eigenvalue weighted by molar-refractivity contribution is -0.385. The Morgan fingerprint density at radius 2 is 1.76 bits per heavy atom. The molecule has 3 amide bonds. The van der Waals surface area contributed by atoms with Crippen molar-refractivity contribution in [3.8, 4) is 11.5 Å². The monoisotopic (exact) mass is 661 g/mol. The topological polar surface area (TPSA) is 168 Å². The standard InChI is InChI=1S/C31H33F2N5O7.ClH/c1-2-3-12-37(31(42)35-26-16-23(29(34)39)24(32)17-25(26)33)21-10-13-36(14-11-21)18-19-4-7-22(8-5-19)45-28-9-6-20(30(40)41)15-27(28)38(43)44;/h4-9,15-17,21H,2-3,10-14,18H2,1H3,(H2,34,39)(H,35,42)(H,40,41);1H. The molecule has 0 aliphatic carbocycles. The predicted octanol–water partition coefficient (Wildman–Crippen LogP) is 6.18. The molecule has 0 spiro atoms. The number of ether oxygens (including phenoxy) is 1. The van der Waals surface area contributed by atoms with E-state index in [4.69, 9.17) is 15.6 Å². The van der Waals surface area contributed by atoms with E-state index >= 15 is 0 Å². The molecule has 1 aliphatic rings. The zero-order valence-electron chi connectivity index (χ0n) is 24.9. The second-order valence-corrected chi connectivity index (χ2v) is 10.7. The number of likely N-dealkylation sites (tertiary alicyclic amines) is 1. The third kappa shape index (κ3) is 8.88. The maximum Gasteiger partial charge on any atom is 0.335 e. The van der Waals surface area contributed by atoms with Gasteiger partial charge in [0.15, 0.2) is 0 Å². The SMILES string of the molecule is CCCCN(C(=O)Nc1cc(C(N)=O)c(F)cc1F)C1CCN(Cc2ccc(Oc3ccc(C(=O)O)cc3[N+](=O)[O-])cc2)CC1.Cl. The summed E-state index contributed by atoms with van der Waals surface area (Å²) in [6.07, 6.45) is 2.88. The van der Waals surface area contributed by atoms with Gasteiger partial charge in [-0.05, 0) is 55.2 Å². The largest absolute Gasteiger partial charge is 0.478 e. The molecule has 0 saturated carbocycles. The van der Waals surface area contributed by atoms with E-state index in [0.29, 0.717) is 50.8 Å². The molecule has 1 fully saturated rings. The van der Waals surface area contributed by atoms with E-state index in [0.717, 1.165) is 30.5 Å². The number of piperidine rings is 1. The van der Waals surface area contributed by atoms with Crippen molar-refractivity contribution < 1.29 is 37.9 Å². The Morgan fingerprint density at radius 1 is 1.09 bits per heavy atom. The average molecular weight is 662 g/mol. The van der Waals surface area contributed by atoms with Crippen LogP contribution in [0.5, 0.6) is 11.5 Å². The number of hydrogen-bond acceptors (Lipinski definition) is 7. The van der Waals surface area contributed by atoms with Crippen LogP contribution in [0.3, 0.4) is 0 Å². The van der Waals surface area contributed by atoms with Crippen LogP contribution in [-0.2, 0) is 6.54 Å². The average Bonchev–Trinajstić information content (AvgIpc) is 3.00. The van der Waals surface area contributed by atoms with Gasteiger partial charge in [-0.2, -0.15) is 0 Å². The number of urea groups is 1. The fourth-order valence-electron chi connectivity index (χ4n) is 5.12. The van der Waals surface area contributed by atoms with Crippen LogP contribution in [0.25, 0.3) is 0 Å². The van der Waals surface area contributed by atoms with Gasteiger partial charge in [0, 0.05) is 44.4 Å². The number of primary amides is 1. The summed E-state index contributed by atoms with van der Waals surface area (Å²) in [5, 5.41) is 23.0. The van der Waals surface area contributed by atoms with E-state index in [1.807, 2.05) is 19.1 Å². The van der Waals surface area contributed by atoms with Crippen molar-refractivity contribution in [2.75, 3.05) is 25.0 Å². The minimum absolute atomic E-state index is 0. The summed E-state index contributed by atoms with van der Waals surface area (Å²) in [7, 11) is 0. The molecular formula is C31H34ClF2N5O7. The molecule has 12 nitrogen and oxygen atoms in total. The van der Waals surface area contributed by atoms with Crippen molar-refractivity contribution in [1.29, 1.82) is 0 Å². The maximum absolute atomic E-state index is 14.4. The molecule has 4 rings (SSSR count). The molecule has 1 heterocycles. The number of nitrogens with zero attached hydrogens (tertiary/aromatic N) is 3. The Balaban J connectivity index is 0.00000576. The van der Waals surface area contributed by atoms with Gasteiger partial charge in [-0.1, -0.05) is 25.5 Å². The van der Waals surface area contributed by atoms with E-state index in [9.17, 15) is 33.3 Å². The van der Waals surface area contributed by atoms with E-state index in [2.05, 4.69) is 10.2 Å². The highest BCUT2D eigenvalue weighted by atomic mass is 35.5. The molecular weight excluding hydrogens is 628 g/mol. The van der Waals surface area contributed by atoms with E-state index in [1.165, 1.54) is 12.1 Å². The molecule has 46 heavy (non-hydrogen) atoms. The second-order valence-electron chi connectivity index (χ2n) is 10.7. The number of carbonyl (C=O) groups excluding carboxylic acids is 2. The van der Waals surface area contributed by atoms with Gasteiger partial charge in [-0.3, -0.25) is 19.8 Å². The molecule has 0 aromatic heterocycles. The molecule has 3 aromatic carbocycles. The van der Waals surface area contributed by atoms with Gasteiger partial charge in [0.2, 0.25) is 5.75 Å². The smallest absolute Gasteiger partial charge is 0.335 e. The summed E-state index contributed by atoms with van der Waals surface area (Å²) in [5.74, 6) is -4.20. The summed E-state index contributed by atoms with van der Waals surface area (Å²) >= 11 is 0. The predicted molar refractivity (Wildman–Crippen MR) is 168 cm³/mol. The molecule has 0 atom stereocenters. The number of nitrogens with one attached hydrogen (secondary N) is 1. The van der Waals surface area contributed by atoms with Gasteiger partial charge in [0.05, 0.1) is 21.7 Å². The summed E-state index contributed by atoms with van der Waals surface area (Å²) in [6.45, 7) is 4.40. The second kappa shape index (κ2) is 16.0. The Morgan fingerprint density at radius 3 is 2.35 bits per heavy atom. The molecule has 0 radical (unpaired) electrons. The van der Waals surface area contributed by atoms with Crippen molar-refractivity contribution in [2.45, 2.75) is 45.2 Å². The van der Waals surface area contributed by atoms with Crippen LogP contribution >= 0.6 is 12.4 Å². The number of carboxylic acid groups (broad SMARTS) is 1. The van der Waals surface area contributed by atoms with Gasteiger partial charge in [-0.25, -0.2) is 18.4 Å². The van der Waals surface area contributed by atoms with Gasteiger partial charge in [-0.15, -0.1) is 12.4 Å². The van der Waals surface area contributed by atoms with Crippen LogP contribution in [-0.4, -0.2) is 63.4 Å². The van der Waals surface area contributed by atoms with Crippen LogP contribution in [0.4, 0.5) is 25.0 Å². The van der Waals surface area contributed by atoms with E-state index < -0.39 is 45.7 Å². The number of nitro benzene ring substituents is 1. The van der Waals surface area contributed by atoms with Crippen molar-refractivity contribution in [1.82, 2.24) is 9.80 Å². The Labute approximate surface area is 269 Å². The van der Waals surface area contributed by atoms with Crippen LogP contribution in [0.15, 0.2) is 54.6 Å². The summed E-state index contributed by atoms with van der Waals surface area (Å²) < 4.78 is 34.0. The zero-order chi connectivity index (χ0) is 32.7. The summed E-state index contributed by atoms with van der Waals surface area (Å²) in [6, 6.07) is 11.2. The summed E-state index contributed by atoms with van der Waals surface area (Å²) in [5.41, 5.74) is 4.61. The van der Waals surface area contributed by atoms with E-state index in [-0.39, 0.29) is 35.4 Å². The highest BCUT2D eigenvalue weighted by molar-refractivity contribution is 5.96. The first-order valence-corrected chi connectivity index (χ1v) is 14.3. The molecule has 246 valence electrons. The number of anilines is 1. The van der Waals surface area contributed by atoms with Gasteiger partial charge in [0.25, 0.3) is 5.91 Å². The number of carboxylic acids is 1. The molecule has 3 aromatic rings. The molecule has 1 aliphatic heterocycles. The minimum atomic E-state index is -1.28. The van der Waals surface area contributed by atoms with Gasteiger partial charge >= 0.3 is 17.7 Å². The molecule has 0 bridgehead atoms. The van der Waals surface area contributed by atoms with Crippen LogP contribution in [0, 0.1) is 21.7 Å². The van der Waals surface area contributed by atoms with Crippen molar-refractivity contribution >= 4 is 41.7 Å². The normalized spacial score (nSPS) is 13.4. The number of nitrogens with two attached hydrogens (primary N) is 1. The van der Waals surface area contributed by atoms with Crippen molar-refractivity contribution in [3.63, 3.8) is 0 Å². The number of nitro groups is 1. The lowest BCUT2D eigenvalue weighted by Gasteiger charge is -2.38. The number of rotatable bonds is 12. The number of carbonyl (C=O) groups is 3. The third-order valence-corrected chi connectivity index (χ3v) is 7.54. The highest BCUT2D eigenvalue weighted by Gasteiger charge is 2.29. The zero-order valence-corrected chi connectivity index (χ0v) is 25.7.